The van der Waals surface area contributed by atoms with E-state index >= 15 is 0 Å². The van der Waals surface area contributed by atoms with Gasteiger partial charge in [-0.2, -0.15) is 0 Å². The maximum atomic E-state index is 12.0. The van der Waals surface area contributed by atoms with Crippen molar-refractivity contribution in [2.45, 2.75) is 51.9 Å². The molecule has 0 saturated carbocycles. The number of nitrogens with zero attached hydrogens (tertiary/aromatic N) is 3. The number of rotatable bonds is 1. The fourth-order valence-corrected chi connectivity index (χ4v) is 4.95. The van der Waals surface area contributed by atoms with Gasteiger partial charge < -0.3 is 15.1 Å². The van der Waals surface area contributed by atoms with E-state index in [1.807, 2.05) is 31.2 Å². The third kappa shape index (κ3) is 5.83. The Morgan fingerprint density at radius 3 is 1.91 bits per heavy atom. The predicted molar refractivity (Wildman–Crippen MR) is 140 cm³/mol. The third-order valence-electron chi connectivity index (χ3n) is 6.46. The SMILES string of the molecule is Cc1ccc(I)cc1.Cc1ccc(N2C(=O)CN3C(=O)CC[C@@H]32)cc1.O=C1CN2C(=O)CC[C@@H]2N1. The van der Waals surface area contributed by atoms with E-state index in [1.54, 1.807) is 14.7 Å². The minimum Gasteiger partial charge on any atom is -0.334 e. The van der Waals surface area contributed by atoms with Gasteiger partial charge >= 0.3 is 0 Å². The molecule has 35 heavy (non-hydrogen) atoms. The van der Waals surface area contributed by atoms with Gasteiger partial charge in [0.2, 0.25) is 23.6 Å². The zero-order chi connectivity index (χ0) is 25.1. The first-order chi connectivity index (χ1) is 16.7. The Balaban J connectivity index is 0.000000136. The Labute approximate surface area is 218 Å². The highest BCUT2D eigenvalue weighted by Gasteiger charge is 2.45. The molecule has 0 spiro atoms. The van der Waals surface area contributed by atoms with Gasteiger partial charge in [0.25, 0.3) is 0 Å². The number of aryl methyl sites for hydroxylation is 2. The van der Waals surface area contributed by atoms with Crippen molar-refractivity contribution in [3.8, 4) is 0 Å². The minimum atomic E-state index is -0.0577. The van der Waals surface area contributed by atoms with Crippen LogP contribution in [0.2, 0.25) is 0 Å². The number of amides is 4. The minimum absolute atomic E-state index is 0.0139. The molecule has 0 radical (unpaired) electrons. The summed E-state index contributed by atoms with van der Waals surface area (Å²) in [5, 5.41) is 2.71. The topological polar surface area (TPSA) is 90.0 Å². The summed E-state index contributed by atoms with van der Waals surface area (Å²) >= 11 is 2.30. The van der Waals surface area contributed by atoms with Crippen molar-refractivity contribution in [3.63, 3.8) is 0 Å². The van der Waals surface area contributed by atoms with Gasteiger partial charge in [0.05, 0.1) is 0 Å². The summed E-state index contributed by atoms with van der Waals surface area (Å²) in [7, 11) is 0. The first kappa shape index (κ1) is 25.2. The zero-order valence-corrected chi connectivity index (χ0v) is 22.0. The Hall–Kier alpha value is -2.95. The maximum absolute atomic E-state index is 12.0. The molecule has 2 aromatic rings. The van der Waals surface area contributed by atoms with E-state index in [4.69, 9.17) is 0 Å². The van der Waals surface area contributed by atoms with E-state index in [2.05, 4.69) is 59.1 Å². The highest BCUT2D eigenvalue weighted by atomic mass is 127. The quantitative estimate of drug-likeness (QED) is 0.519. The van der Waals surface area contributed by atoms with Crippen LogP contribution in [0.4, 0.5) is 5.69 Å². The first-order valence-electron chi connectivity index (χ1n) is 11.7. The fraction of sp³-hybridized carbons (Fsp3) is 0.385. The average molecular weight is 588 g/mol. The van der Waals surface area contributed by atoms with Crippen LogP contribution in [0, 0.1) is 17.4 Å². The molecule has 0 unspecified atom stereocenters. The molecule has 4 heterocycles. The number of carbonyl (C=O) groups excluding carboxylic acids is 4. The monoisotopic (exact) mass is 588 g/mol. The van der Waals surface area contributed by atoms with E-state index in [-0.39, 0.29) is 49.0 Å². The summed E-state index contributed by atoms with van der Waals surface area (Å²) in [6, 6.07) is 16.3. The van der Waals surface area contributed by atoms with Crippen LogP contribution in [-0.4, -0.2) is 58.8 Å². The van der Waals surface area contributed by atoms with Crippen LogP contribution in [0.15, 0.2) is 48.5 Å². The lowest BCUT2D eigenvalue weighted by molar-refractivity contribution is -0.130. The smallest absolute Gasteiger partial charge is 0.248 e. The fourth-order valence-electron chi connectivity index (χ4n) is 4.59. The second kappa shape index (κ2) is 10.8. The highest BCUT2D eigenvalue weighted by molar-refractivity contribution is 14.1. The number of hydrogen-bond donors (Lipinski definition) is 1. The van der Waals surface area contributed by atoms with Crippen LogP contribution in [0.25, 0.3) is 0 Å². The van der Waals surface area contributed by atoms with E-state index in [9.17, 15) is 19.2 Å². The molecular formula is C26H29IN4O4. The predicted octanol–water partition coefficient (Wildman–Crippen LogP) is 2.95. The highest BCUT2D eigenvalue weighted by Crippen LogP contribution is 2.32. The Morgan fingerprint density at radius 2 is 1.31 bits per heavy atom. The molecule has 4 amide bonds. The molecule has 1 N–H and O–H groups in total. The molecule has 184 valence electrons. The van der Waals surface area contributed by atoms with Crippen LogP contribution in [0.3, 0.4) is 0 Å². The number of anilines is 1. The van der Waals surface area contributed by atoms with Gasteiger partial charge in [0, 0.05) is 22.1 Å². The first-order valence-corrected chi connectivity index (χ1v) is 12.8. The molecule has 8 nitrogen and oxygen atoms in total. The van der Waals surface area contributed by atoms with E-state index in [0.29, 0.717) is 12.8 Å². The molecule has 4 aliphatic heterocycles. The van der Waals surface area contributed by atoms with Gasteiger partial charge in [-0.05, 0) is 73.5 Å². The average Bonchev–Trinajstić information content (AvgIpc) is 3.56. The number of fused-ring (bicyclic) bond motifs is 2. The molecule has 2 aromatic carbocycles. The van der Waals surface area contributed by atoms with Crippen LogP contribution in [-0.2, 0) is 19.2 Å². The zero-order valence-electron chi connectivity index (χ0n) is 19.9. The second-order valence-corrected chi connectivity index (χ2v) is 10.3. The van der Waals surface area contributed by atoms with E-state index in [0.717, 1.165) is 18.5 Å². The lowest BCUT2D eigenvalue weighted by Gasteiger charge is -2.24. The van der Waals surface area contributed by atoms with Crippen molar-refractivity contribution in [1.29, 1.82) is 0 Å². The van der Waals surface area contributed by atoms with Gasteiger partial charge in [-0.15, -0.1) is 0 Å². The second-order valence-electron chi connectivity index (χ2n) is 9.08. The maximum Gasteiger partial charge on any atom is 0.248 e. The Bertz CT molecular complexity index is 1100. The number of benzene rings is 2. The van der Waals surface area contributed by atoms with Crippen LogP contribution in [0.1, 0.15) is 36.8 Å². The van der Waals surface area contributed by atoms with Gasteiger partial charge in [-0.3, -0.25) is 24.1 Å². The van der Waals surface area contributed by atoms with Crippen LogP contribution >= 0.6 is 22.6 Å². The number of carbonyl (C=O) groups is 4. The van der Waals surface area contributed by atoms with Crippen molar-refractivity contribution in [3.05, 3.63) is 63.2 Å². The van der Waals surface area contributed by atoms with Crippen molar-refractivity contribution < 1.29 is 19.2 Å². The number of nitrogens with one attached hydrogen (secondary N) is 1. The van der Waals surface area contributed by atoms with Gasteiger partial charge in [-0.25, -0.2) is 0 Å². The van der Waals surface area contributed by atoms with Crippen LogP contribution < -0.4 is 10.2 Å². The molecule has 4 saturated heterocycles. The summed E-state index contributed by atoms with van der Waals surface area (Å²) in [6.07, 6.45) is 2.63. The van der Waals surface area contributed by atoms with Gasteiger partial charge in [0.15, 0.2) is 0 Å². The van der Waals surface area contributed by atoms with Gasteiger partial charge in [0.1, 0.15) is 25.4 Å². The molecule has 0 aromatic heterocycles. The molecular weight excluding hydrogens is 559 g/mol. The number of halogens is 1. The third-order valence-corrected chi connectivity index (χ3v) is 7.18. The molecule has 4 aliphatic rings. The Morgan fingerprint density at radius 1 is 0.743 bits per heavy atom. The molecule has 9 heteroatoms. The van der Waals surface area contributed by atoms with Gasteiger partial charge in [-0.1, -0.05) is 35.4 Å². The normalized spacial score (nSPS) is 22.3. The number of hydrogen-bond acceptors (Lipinski definition) is 4. The molecule has 2 atom stereocenters. The van der Waals surface area contributed by atoms with Crippen molar-refractivity contribution in [1.82, 2.24) is 15.1 Å². The standard InChI is InChI=1S/C13H14N2O2.C7H7I.C6H8N2O2/c1-9-2-4-10(5-3-9)15-11-6-7-12(16)14(11)8-13(15)17;1-6-2-4-7(8)5-3-6;9-5-3-8-4(7-5)1-2-6(8)10/h2-5,11H,6-8H2,1H3;2-5H,1H3;4H,1-3H2,(H,7,9)/t11-;;4-/m0.1/s1. The van der Waals surface area contributed by atoms with Crippen molar-refractivity contribution >= 4 is 51.9 Å². The lowest BCUT2D eigenvalue weighted by atomic mass is 10.2. The summed E-state index contributed by atoms with van der Waals surface area (Å²) in [5.74, 6) is 0.186. The van der Waals surface area contributed by atoms with E-state index < -0.39 is 0 Å². The molecule has 0 aliphatic carbocycles. The lowest BCUT2D eigenvalue weighted by Crippen LogP contribution is -2.36. The largest absolute Gasteiger partial charge is 0.334 e. The summed E-state index contributed by atoms with van der Waals surface area (Å²) in [4.78, 5) is 50.2. The van der Waals surface area contributed by atoms with Crippen molar-refractivity contribution in [2.24, 2.45) is 0 Å². The summed E-state index contributed by atoms with van der Waals surface area (Å²) in [6.45, 7) is 4.61. The summed E-state index contributed by atoms with van der Waals surface area (Å²) < 4.78 is 1.30. The van der Waals surface area contributed by atoms with Crippen molar-refractivity contribution in [2.75, 3.05) is 18.0 Å². The van der Waals surface area contributed by atoms with Crippen LogP contribution in [0.5, 0.6) is 0 Å². The molecule has 0 bridgehead atoms. The Kier molecular flexibility index (Phi) is 7.73. The molecule has 6 rings (SSSR count). The summed E-state index contributed by atoms with van der Waals surface area (Å²) in [5.41, 5.74) is 3.38. The van der Waals surface area contributed by atoms with E-state index in [1.165, 1.54) is 14.7 Å². The molecule has 4 fully saturated rings.